The van der Waals surface area contributed by atoms with Crippen molar-refractivity contribution in [2.24, 2.45) is 0 Å². The number of carbonyl (C=O) groups is 1. The molecule has 1 amide bonds. The molecule has 1 heterocycles. The van der Waals surface area contributed by atoms with Crippen molar-refractivity contribution >= 4 is 27.5 Å². The molecule has 8 heteroatoms. The van der Waals surface area contributed by atoms with Gasteiger partial charge in [-0.25, -0.2) is 13.1 Å². The second-order valence-corrected chi connectivity index (χ2v) is 8.59. The number of amides is 1. The first-order valence-corrected chi connectivity index (χ1v) is 11.0. The number of rotatable bonds is 10. The second kappa shape index (κ2) is 10.3. The van der Waals surface area contributed by atoms with Crippen molar-refractivity contribution in [2.75, 3.05) is 19.7 Å². The molecule has 6 nitrogen and oxygen atoms in total. The van der Waals surface area contributed by atoms with Crippen LogP contribution in [0.5, 0.6) is 0 Å². The van der Waals surface area contributed by atoms with E-state index in [2.05, 4.69) is 17.0 Å². The van der Waals surface area contributed by atoms with Crippen molar-refractivity contribution in [1.82, 2.24) is 10.0 Å². The molecule has 1 fully saturated rings. The monoisotopic (exact) mass is 402 g/mol. The Kier molecular flexibility index (Phi) is 8.34. The van der Waals surface area contributed by atoms with Gasteiger partial charge in [-0.2, -0.15) is 0 Å². The fraction of sp³-hybridized carbons (Fsp3) is 0.611. The molecular weight excluding hydrogens is 376 g/mol. The van der Waals surface area contributed by atoms with Crippen molar-refractivity contribution in [3.05, 3.63) is 28.8 Å². The van der Waals surface area contributed by atoms with Gasteiger partial charge in [0, 0.05) is 25.3 Å². The fourth-order valence-electron chi connectivity index (χ4n) is 2.79. The third kappa shape index (κ3) is 6.23. The van der Waals surface area contributed by atoms with Crippen molar-refractivity contribution in [3.8, 4) is 0 Å². The highest BCUT2D eigenvalue weighted by molar-refractivity contribution is 7.89. The summed E-state index contributed by atoms with van der Waals surface area (Å²) in [6.07, 6.45) is 5.88. The number of benzene rings is 1. The molecule has 2 rings (SSSR count). The summed E-state index contributed by atoms with van der Waals surface area (Å²) in [4.78, 5) is 12.2. The van der Waals surface area contributed by atoms with Crippen LogP contribution in [0.2, 0.25) is 5.02 Å². The lowest BCUT2D eigenvalue weighted by atomic mass is 10.2. The third-order valence-corrected chi connectivity index (χ3v) is 6.23. The van der Waals surface area contributed by atoms with Gasteiger partial charge >= 0.3 is 0 Å². The van der Waals surface area contributed by atoms with Crippen molar-refractivity contribution in [1.29, 1.82) is 0 Å². The molecule has 1 aliphatic heterocycles. The topological polar surface area (TPSA) is 84.5 Å². The number of carbonyl (C=O) groups excluding carboxylic acids is 1. The zero-order valence-corrected chi connectivity index (χ0v) is 16.7. The Morgan fingerprint density at radius 3 is 2.81 bits per heavy atom. The van der Waals surface area contributed by atoms with Gasteiger partial charge in [0.25, 0.3) is 5.91 Å². The number of sulfonamides is 1. The minimum Gasteiger partial charge on any atom is -0.377 e. The van der Waals surface area contributed by atoms with Crippen LogP contribution in [0.3, 0.4) is 0 Å². The summed E-state index contributed by atoms with van der Waals surface area (Å²) >= 11 is 6.06. The largest absolute Gasteiger partial charge is 0.377 e. The molecule has 0 bridgehead atoms. The molecule has 146 valence electrons. The van der Waals surface area contributed by atoms with E-state index >= 15 is 0 Å². The van der Waals surface area contributed by atoms with Crippen LogP contribution in [0.25, 0.3) is 0 Å². The first kappa shape index (κ1) is 21.2. The molecule has 1 aromatic carbocycles. The van der Waals surface area contributed by atoms with Gasteiger partial charge in [-0.1, -0.05) is 37.8 Å². The van der Waals surface area contributed by atoms with E-state index in [1.54, 1.807) is 0 Å². The van der Waals surface area contributed by atoms with Gasteiger partial charge in [-0.15, -0.1) is 0 Å². The lowest BCUT2D eigenvalue weighted by Crippen LogP contribution is -2.32. The van der Waals surface area contributed by atoms with Gasteiger partial charge in [-0.05, 0) is 37.5 Å². The molecular formula is C18H27ClN2O4S. The quantitative estimate of drug-likeness (QED) is 0.589. The first-order chi connectivity index (χ1) is 12.4. The van der Waals surface area contributed by atoms with Crippen molar-refractivity contribution < 1.29 is 17.9 Å². The number of nitrogens with one attached hydrogen (secondary N) is 2. The molecule has 0 spiro atoms. The van der Waals surface area contributed by atoms with Crippen molar-refractivity contribution in [3.63, 3.8) is 0 Å². The summed E-state index contributed by atoms with van der Waals surface area (Å²) in [7, 11) is -3.81. The number of unbranched alkanes of at least 4 members (excludes halogenated alkanes) is 3. The summed E-state index contributed by atoms with van der Waals surface area (Å²) in [5, 5.41) is 2.90. The minimum absolute atomic E-state index is 0.0872. The molecule has 0 aromatic heterocycles. The van der Waals surface area contributed by atoms with Crippen LogP contribution >= 0.6 is 11.6 Å². The van der Waals surface area contributed by atoms with E-state index in [0.29, 0.717) is 13.2 Å². The van der Waals surface area contributed by atoms with Gasteiger partial charge in [-0.3, -0.25) is 4.79 Å². The van der Waals surface area contributed by atoms with E-state index < -0.39 is 10.0 Å². The van der Waals surface area contributed by atoms with E-state index in [1.165, 1.54) is 18.2 Å². The molecule has 1 aliphatic rings. The van der Waals surface area contributed by atoms with Gasteiger partial charge in [0.2, 0.25) is 10.0 Å². The lowest BCUT2D eigenvalue weighted by Gasteiger charge is -2.13. The molecule has 1 atom stereocenters. The van der Waals surface area contributed by atoms with E-state index in [1.807, 2.05) is 0 Å². The van der Waals surface area contributed by atoms with Gasteiger partial charge < -0.3 is 10.1 Å². The van der Waals surface area contributed by atoms with Crippen LogP contribution in [0.15, 0.2) is 23.1 Å². The molecule has 26 heavy (non-hydrogen) atoms. The van der Waals surface area contributed by atoms with Gasteiger partial charge in [0.05, 0.1) is 11.1 Å². The Bertz CT molecular complexity index is 703. The average Bonchev–Trinajstić information content (AvgIpc) is 3.13. The standard InChI is InChI=1S/C18H27ClN2O4S/c1-2-3-4-5-10-20-18(22)14-8-9-16(19)17(12-14)26(23,24)21-13-15-7-6-11-25-15/h8-9,12,15,21H,2-7,10-11,13H2,1H3,(H,20,22). The molecule has 1 unspecified atom stereocenters. The van der Waals surface area contributed by atoms with Crippen LogP contribution in [0.1, 0.15) is 55.8 Å². The SMILES string of the molecule is CCCCCCNC(=O)c1ccc(Cl)c(S(=O)(=O)NCC2CCCO2)c1. The molecule has 0 radical (unpaired) electrons. The smallest absolute Gasteiger partial charge is 0.251 e. The van der Waals surface area contributed by atoms with Gasteiger partial charge in [0.15, 0.2) is 0 Å². The maximum atomic E-state index is 12.5. The molecule has 1 saturated heterocycles. The highest BCUT2D eigenvalue weighted by atomic mass is 35.5. The predicted octanol–water partition coefficient (Wildman–Crippen LogP) is 3.11. The zero-order chi connectivity index (χ0) is 19.0. The van der Waals surface area contributed by atoms with Gasteiger partial charge in [0.1, 0.15) is 4.90 Å². The van der Waals surface area contributed by atoms with E-state index in [9.17, 15) is 13.2 Å². The summed E-state index contributed by atoms with van der Waals surface area (Å²) in [6, 6.07) is 4.29. The Morgan fingerprint density at radius 2 is 2.12 bits per heavy atom. The van der Waals surface area contributed by atoms with E-state index in [-0.39, 0.29) is 34.0 Å². The second-order valence-electron chi connectivity index (χ2n) is 6.45. The molecule has 2 N–H and O–H groups in total. The molecule has 0 saturated carbocycles. The first-order valence-electron chi connectivity index (χ1n) is 9.13. The summed E-state index contributed by atoms with van der Waals surface area (Å²) in [6.45, 7) is 3.55. The normalized spacial score (nSPS) is 17.4. The van der Waals surface area contributed by atoms with E-state index in [0.717, 1.165) is 38.5 Å². The van der Waals surface area contributed by atoms with E-state index in [4.69, 9.17) is 16.3 Å². The lowest BCUT2D eigenvalue weighted by molar-refractivity contribution is 0.0952. The maximum Gasteiger partial charge on any atom is 0.251 e. The Balaban J connectivity index is 1.99. The van der Waals surface area contributed by atoms with Crippen LogP contribution in [0, 0.1) is 0 Å². The zero-order valence-electron chi connectivity index (χ0n) is 15.1. The van der Waals surface area contributed by atoms with Crippen LogP contribution < -0.4 is 10.0 Å². The Morgan fingerprint density at radius 1 is 1.31 bits per heavy atom. The van der Waals surface area contributed by atoms with Crippen LogP contribution in [0.4, 0.5) is 0 Å². The highest BCUT2D eigenvalue weighted by Crippen LogP contribution is 2.23. The van der Waals surface area contributed by atoms with Crippen LogP contribution in [-0.2, 0) is 14.8 Å². The third-order valence-electron chi connectivity index (χ3n) is 4.32. The number of hydrogen-bond donors (Lipinski definition) is 2. The molecule has 1 aromatic rings. The Hall–Kier alpha value is -1.15. The van der Waals surface area contributed by atoms with Crippen LogP contribution in [-0.4, -0.2) is 40.1 Å². The summed E-state index contributed by atoms with van der Waals surface area (Å²) in [5.41, 5.74) is 0.280. The minimum atomic E-state index is -3.81. The number of halogens is 1. The summed E-state index contributed by atoms with van der Waals surface area (Å²) in [5.74, 6) is -0.297. The predicted molar refractivity (Wildman–Crippen MR) is 102 cm³/mol. The summed E-state index contributed by atoms with van der Waals surface area (Å²) < 4.78 is 33.0. The highest BCUT2D eigenvalue weighted by Gasteiger charge is 2.23. The number of ether oxygens (including phenoxy) is 1. The van der Waals surface area contributed by atoms with Crippen molar-refractivity contribution in [2.45, 2.75) is 56.4 Å². The fourth-order valence-corrected chi connectivity index (χ4v) is 4.38. The average molecular weight is 403 g/mol. The number of hydrogen-bond acceptors (Lipinski definition) is 4. The Labute approximate surface area is 160 Å². The maximum absolute atomic E-state index is 12.5. The molecule has 0 aliphatic carbocycles.